The Morgan fingerprint density at radius 2 is 1.58 bits per heavy atom. The van der Waals surface area contributed by atoms with E-state index in [1.807, 2.05) is 0 Å². The summed E-state index contributed by atoms with van der Waals surface area (Å²) < 4.78 is 0. The first-order chi connectivity index (χ1) is 11.4. The maximum Gasteiger partial charge on any atom is 0.00959 e. The molecule has 1 saturated heterocycles. The summed E-state index contributed by atoms with van der Waals surface area (Å²) in [5, 5.41) is 0. The van der Waals surface area contributed by atoms with Crippen LogP contribution in [0.5, 0.6) is 0 Å². The lowest BCUT2D eigenvalue weighted by Crippen LogP contribution is -2.48. The fourth-order valence-corrected chi connectivity index (χ4v) is 5.05. The molecule has 2 heteroatoms. The molecule has 2 fully saturated rings. The fourth-order valence-electron chi connectivity index (χ4n) is 5.05. The summed E-state index contributed by atoms with van der Waals surface area (Å²) >= 11 is 0. The van der Waals surface area contributed by atoms with Crippen LogP contribution in [0.2, 0.25) is 0 Å². The second kappa shape index (κ2) is 7.17. The molecule has 0 bridgehead atoms. The normalized spacial score (nSPS) is 30.4. The molecule has 2 nitrogen and oxygen atoms in total. The van der Waals surface area contributed by atoms with E-state index in [-0.39, 0.29) is 5.41 Å². The summed E-state index contributed by atoms with van der Waals surface area (Å²) in [6.45, 7) is 10.6. The van der Waals surface area contributed by atoms with Crippen molar-refractivity contribution in [1.82, 2.24) is 4.90 Å². The van der Waals surface area contributed by atoms with Crippen LogP contribution in [0.15, 0.2) is 30.3 Å². The highest BCUT2D eigenvalue weighted by atomic mass is 15.2. The zero-order valence-corrected chi connectivity index (χ0v) is 15.9. The Morgan fingerprint density at radius 1 is 1.00 bits per heavy atom. The van der Waals surface area contributed by atoms with Crippen molar-refractivity contribution < 1.29 is 0 Å². The van der Waals surface area contributed by atoms with Crippen LogP contribution in [0.1, 0.15) is 64.9 Å². The Kier molecular flexibility index (Phi) is 5.36. The van der Waals surface area contributed by atoms with Gasteiger partial charge in [0, 0.05) is 18.0 Å². The van der Waals surface area contributed by atoms with Crippen LogP contribution in [-0.2, 0) is 5.41 Å². The topological polar surface area (TPSA) is 29.3 Å². The molecule has 1 aromatic carbocycles. The number of benzene rings is 1. The van der Waals surface area contributed by atoms with Gasteiger partial charge in [0.25, 0.3) is 0 Å². The number of rotatable bonds is 3. The van der Waals surface area contributed by atoms with Crippen molar-refractivity contribution in [1.29, 1.82) is 0 Å². The maximum absolute atomic E-state index is 6.25. The van der Waals surface area contributed by atoms with E-state index in [2.05, 4.69) is 56.0 Å². The zero-order valence-electron chi connectivity index (χ0n) is 15.9. The van der Waals surface area contributed by atoms with Crippen molar-refractivity contribution in [3.63, 3.8) is 0 Å². The molecule has 0 amide bonds. The molecule has 1 aliphatic heterocycles. The lowest BCUT2D eigenvalue weighted by atomic mass is 9.67. The van der Waals surface area contributed by atoms with Crippen LogP contribution in [0, 0.1) is 11.3 Å². The predicted molar refractivity (Wildman–Crippen MR) is 103 cm³/mol. The van der Waals surface area contributed by atoms with Crippen LogP contribution in [0.3, 0.4) is 0 Å². The van der Waals surface area contributed by atoms with Crippen molar-refractivity contribution in [2.24, 2.45) is 17.1 Å². The summed E-state index contributed by atoms with van der Waals surface area (Å²) in [4.78, 5) is 2.79. The van der Waals surface area contributed by atoms with E-state index in [9.17, 15) is 0 Å². The van der Waals surface area contributed by atoms with Crippen molar-refractivity contribution in [2.75, 3.05) is 19.6 Å². The van der Waals surface area contributed by atoms with Gasteiger partial charge in [0.05, 0.1) is 0 Å². The van der Waals surface area contributed by atoms with Gasteiger partial charge in [-0.3, -0.25) is 0 Å². The Hall–Kier alpha value is -0.860. The van der Waals surface area contributed by atoms with Gasteiger partial charge in [0.2, 0.25) is 0 Å². The Bertz CT molecular complexity index is 501. The second-order valence-electron chi connectivity index (χ2n) is 9.26. The van der Waals surface area contributed by atoms with Crippen molar-refractivity contribution in [2.45, 2.75) is 70.8 Å². The van der Waals surface area contributed by atoms with E-state index < -0.39 is 0 Å². The number of piperidine rings is 1. The summed E-state index contributed by atoms with van der Waals surface area (Å²) in [5.74, 6) is 0.893. The number of likely N-dealkylation sites (tertiary alicyclic amines) is 1. The molecular weight excluding hydrogens is 292 g/mol. The Morgan fingerprint density at radius 3 is 2.08 bits per heavy atom. The molecule has 2 N–H and O–H groups in total. The quantitative estimate of drug-likeness (QED) is 0.879. The number of hydrogen-bond donors (Lipinski definition) is 1. The number of hydrogen-bond acceptors (Lipinski definition) is 2. The first-order valence-corrected chi connectivity index (χ1v) is 9.94. The minimum Gasteiger partial charge on any atom is -0.330 e. The van der Waals surface area contributed by atoms with Gasteiger partial charge in [-0.15, -0.1) is 0 Å². The minimum atomic E-state index is 0.224. The number of nitrogens with two attached hydrogens (primary N) is 1. The maximum atomic E-state index is 6.25. The van der Waals surface area contributed by atoms with E-state index in [1.54, 1.807) is 0 Å². The lowest BCUT2D eigenvalue weighted by Gasteiger charge is -2.46. The lowest BCUT2D eigenvalue weighted by molar-refractivity contribution is 0.0575. The first-order valence-electron chi connectivity index (χ1n) is 9.94. The summed E-state index contributed by atoms with van der Waals surface area (Å²) in [5.41, 5.74) is 8.40. The van der Waals surface area contributed by atoms with E-state index in [1.165, 1.54) is 57.2 Å². The standard InChI is InChI=1S/C22H36N2/c1-21(2,3)18-11-15-24(16-12-18)20-9-13-22(17-23,14-10-20)19-7-5-4-6-8-19/h4-8,18,20H,9-17,23H2,1-3H3/t20-,22+. The van der Waals surface area contributed by atoms with Crippen LogP contribution >= 0.6 is 0 Å². The van der Waals surface area contributed by atoms with Gasteiger partial charge in [0.15, 0.2) is 0 Å². The fraction of sp³-hybridized carbons (Fsp3) is 0.727. The van der Waals surface area contributed by atoms with E-state index in [4.69, 9.17) is 5.73 Å². The number of nitrogens with zero attached hydrogens (tertiary/aromatic N) is 1. The van der Waals surface area contributed by atoms with E-state index in [0.717, 1.165) is 18.5 Å². The molecule has 24 heavy (non-hydrogen) atoms. The Balaban J connectivity index is 1.58. The van der Waals surface area contributed by atoms with Gasteiger partial charge in [-0.05, 0) is 68.5 Å². The monoisotopic (exact) mass is 328 g/mol. The SMILES string of the molecule is CC(C)(C)C1CCN([C@H]2CC[C@@](CN)(c3ccccc3)CC2)CC1. The van der Waals surface area contributed by atoms with Gasteiger partial charge >= 0.3 is 0 Å². The van der Waals surface area contributed by atoms with Crippen LogP contribution in [0.25, 0.3) is 0 Å². The van der Waals surface area contributed by atoms with Crippen molar-refractivity contribution in [3.05, 3.63) is 35.9 Å². The smallest absolute Gasteiger partial charge is 0.00959 e. The van der Waals surface area contributed by atoms with Crippen LogP contribution in [-0.4, -0.2) is 30.6 Å². The molecule has 0 aromatic heterocycles. The van der Waals surface area contributed by atoms with Crippen molar-refractivity contribution >= 4 is 0 Å². The molecule has 1 aliphatic carbocycles. The highest BCUT2D eigenvalue weighted by Crippen LogP contribution is 2.42. The van der Waals surface area contributed by atoms with Crippen LogP contribution < -0.4 is 5.73 Å². The van der Waals surface area contributed by atoms with Crippen LogP contribution in [0.4, 0.5) is 0 Å². The van der Waals surface area contributed by atoms with Gasteiger partial charge in [-0.1, -0.05) is 51.1 Å². The van der Waals surface area contributed by atoms with Gasteiger partial charge in [-0.25, -0.2) is 0 Å². The molecule has 1 aromatic rings. The van der Waals surface area contributed by atoms with E-state index in [0.29, 0.717) is 5.41 Å². The third kappa shape index (κ3) is 3.70. The summed E-state index contributed by atoms with van der Waals surface area (Å²) in [6.07, 6.45) is 7.87. The highest BCUT2D eigenvalue weighted by molar-refractivity contribution is 5.26. The average Bonchev–Trinajstić information content (AvgIpc) is 2.62. The van der Waals surface area contributed by atoms with Crippen molar-refractivity contribution in [3.8, 4) is 0 Å². The molecule has 0 unspecified atom stereocenters. The van der Waals surface area contributed by atoms with E-state index >= 15 is 0 Å². The third-order valence-corrected chi connectivity index (χ3v) is 6.96. The highest BCUT2D eigenvalue weighted by Gasteiger charge is 2.38. The van der Waals surface area contributed by atoms with Gasteiger partial charge < -0.3 is 10.6 Å². The molecule has 1 saturated carbocycles. The molecular formula is C22H36N2. The molecule has 0 radical (unpaired) electrons. The molecule has 1 heterocycles. The summed E-state index contributed by atoms with van der Waals surface area (Å²) in [7, 11) is 0. The van der Waals surface area contributed by atoms with Gasteiger partial charge in [0.1, 0.15) is 0 Å². The third-order valence-electron chi connectivity index (χ3n) is 6.96. The molecule has 2 aliphatic rings. The largest absolute Gasteiger partial charge is 0.330 e. The first kappa shape index (κ1) is 17.9. The Labute approximate surface area is 148 Å². The molecule has 3 rings (SSSR count). The predicted octanol–water partition coefficient (Wildman–Crippen LogP) is 4.58. The average molecular weight is 329 g/mol. The summed E-state index contributed by atoms with van der Waals surface area (Å²) in [6, 6.07) is 11.8. The molecule has 0 atom stereocenters. The molecule has 0 spiro atoms. The van der Waals surface area contributed by atoms with Gasteiger partial charge in [-0.2, -0.15) is 0 Å². The molecule has 134 valence electrons. The zero-order chi connectivity index (χ0) is 17.2. The minimum absolute atomic E-state index is 0.224. The second-order valence-corrected chi connectivity index (χ2v) is 9.26.